The standard InChI is InChI=1S/C21H25F2N3O/c1-25(2)16-10-8-15(9-11-16)19(26-12-3-4-13-26)14-24-21(27)20-17(22)6-5-7-18(20)23/h5-11,19H,3-4,12-14H2,1-2H3,(H,24,27)/p+1/t19-/m1/s1. The van der Waals surface area contributed by atoms with Crippen LogP contribution in [0.5, 0.6) is 0 Å². The van der Waals surface area contributed by atoms with Gasteiger partial charge in [-0.25, -0.2) is 8.78 Å². The number of hydrogen-bond donors (Lipinski definition) is 2. The third-order valence-corrected chi connectivity index (χ3v) is 5.21. The van der Waals surface area contributed by atoms with Crippen molar-refractivity contribution in [2.24, 2.45) is 0 Å². The van der Waals surface area contributed by atoms with Gasteiger partial charge in [-0.2, -0.15) is 0 Å². The number of benzene rings is 2. The van der Waals surface area contributed by atoms with Crippen molar-refractivity contribution in [1.82, 2.24) is 5.32 Å². The molecule has 2 aromatic carbocycles. The van der Waals surface area contributed by atoms with Gasteiger partial charge in [0.05, 0.1) is 19.6 Å². The summed E-state index contributed by atoms with van der Waals surface area (Å²) in [6, 6.07) is 11.8. The van der Waals surface area contributed by atoms with Crippen molar-refractivity contribution in [1.29, 1.82) is 0 Å². The lowest BCUT2D eigenvalue weighted by molar-refractivity contribution is -0.918. The first kappa shape index (κ1) is 19.3. The normalized spacial score (nSPS) is 15.6. The zero-order valence-corrected chi connectivity index (χ0v) is 15.8. The Bertz CT molecular complexity index is 766. The number of nitrogens with one attached hydrogen (secondary N) is 2. The van der Waals surface area contributed by atoms with Crippen molar-refractivity contribution in [2.45, 2.75) is 18.9 Å². The van der Waals surface area contributed by atoms with E-state index in [0.717, 1.165) is 49.3 Å². The number of amides is 1. The summed E-state index contributed by atoms with van der Waals surface area (Å²) in [5.41, 5.74) is 1.70. The molecule has 1 fully saturated rings. The van der Waals surface area contributed by atoms with Crippen molar-refractivity contribution in [2.75, 3.05) is 38.6 Å². The minimum Gasteiger partial charge on any atom is -0.378 e. The van der Waals surface area contributed by atoms with Crippen molar-refractivity contribution in [3.8, 4) is 0 Å². The molecule has 0 aromatic heterocycles. The third-order valence-electron chi connectivity index (χ3n) is 5.21. The molecule has 4 nitrogen and oxygen atoms in total. The number of carbonyl (C=O) groups excluding carboxylic acids is 1. The Kier molecular flexibility index (Phi) is 6.06. The van der Waals surface area contributed by atoms with E-state index in [9.17, 15) is 13.6 Å². The van der Waals surface area contributed by atoms with Gasteiger partial charge in [0.2, 0.25) is 0 Å². The number of quaternary nitrogens is 1. The Balaban J connectivity index is 1.77. The molecule has 2 N–H and O–H groups in total. The first-order valence-electron chi connectivity index (χ1n) is 9.31. The van der Waals surface area contributed by atoms with Crippen molar-refractivity contribution < 1.29 is 18.5 Å². The molecule has 1 aliphatic rings. The Morgan fingerprint density at radius 3 is 2.22 bits per heavy atom. The molecule has 27 heavy (non-hydrogen) atoms. The molecule has 1 amide bonds. The first-order valence-corrected chi connectivity index (χ1v) is 9.31. The summed E-state index contributed by atoms with van der Waals surface area (Å²) in [6.45, 7) is 2.40. The monoisotopic (exact) mass is 374 g/mol. The molecule has 0 bridgehead atoms. The Labute approximate surface area is 158 Å². The largest absolute Gasteiger partial charge is 0.378 e. The fourth-order valence-electron chi connectivity index (χ4n) is 3.68. The number of rotatable bonds is 6. The van der Waals surface area contributed by atoms with Gasteiger partial charge in [-0.1, -0.05) is 18.2 Å². The molecular weight excluding hydrogens is 348 g/mol. The van der Waals surface area contributed by atoms with Gasteiger partial charge in [0.1, 0.15) is 23.2 Å². The van der Waals surface area contributed by atoms with Gasteiger partial charge in [-0.05, 0) is 24.3 Å². The number of hydrogen-bond acceptors (Lipinski definition) is 2. The second-order valence-corrected chi connectivity index (χ2v) is 7.21. The highest BCUT2D eigenvalue weighted by molar-refractivity contribution is 5.94. The zero-order valence-electron chi connectivity index (χ0n) is 15.8. The Hall–Kier alpha value is -2.47. The van der Waals surface area contributed by atoms with Crippen LogP contribution in [0.15, 0.2) is 42.5 Å². The van der Waals surface area contributed by atoms with E-state index < -0.39 is 23.1 Å². The highest BCUT2D eigenvalue weighted by Crippen LogP contribution is 2.18. The van der Waals surface area contributed by atoms with Gasteiger partial charge in [-0.3, -0.25) is 4.79 Å². The SMILES string of the molecule is CN(C)c1ccc([C@@H](CNC(=O)c2c(F)cccc2F)[NH+]2CCCC2)cc1. The molecule has 2 aromatic rings. The molecule has 0 saturated carbocycles. The lowest BCUT2D eigenvalue weighted by Gasteiger charge is -2.26. The van der Waals surface area contributed by atoms with Crippen LogP contribution in [0.25, 0.3) is 0 Å². The Morgan fingerprint density at radius 1 is 1.07 bits per heavy atom. The smallest absolute Gasteiger partial charge is 0.257 e. The molecule has 0 aliphatic carbocycles. The summed E-state index contributed by atoms with van der Waals surface area (Å²) in [4.78, 5) is 15.8. The number of halogens is 2. The summed E-state index contributed by atoms with van der Waals surface area (Å²) < 4.78 is 27.7. The molecular formula is C21H26F2N3O+. The first-order chi connectivity index (χ1) is 13.0. The molecule has 1 saturated heterocycles. The fourth-order valence-corrected chi connectivity index (χ4v) is 3.68. The fraction of sp³-hybridized carbons (Fsp3) is 0.381. The minimum absolute atomic E-state index is 0.0579. The van der Waals surface area contributed by atoms with E-state index in [1.54, 1.807) is 0 Å². The number of nitrogens with zero attached hydrogens (tertiary/aromatic N) is 1. The summed E-state index contributed by atoms with van der Waals surface area (Å²) >= 11 is 0. The molecule has 144 valence electrons. The van der Waals surface area contributed by atoms with Gasteiger partial charge in [0, 0.05) is 38.2 Å². The highest BCUT2D eigenvalue weighted by Gasteiger charge is 2.28. The number of anilines is 1. The Morgan fingerprint density at radius 2 is 1.67 bits per heavy atom. The van der Waals surface area contributed by atoms with E-state index in [1.165, 1.54) is 11.0 Å². The zero-order chi connectivity index (χ0) is 19.4. The quantitative estimate of drug-likeness (QED) is 0.813. The minimum atomic E-state index is -0.840. The van der Waals surface area contributed by atoms with Gasteiger partial charge in [-0.15, -0.1) is 0 Å². The second-order valence-electron chi connectivity index (χ2n) is 7.21. The lowest BCUT2D eigenvalue weighted by atomic mass is 10.0. The predicted octanol–water partition coefficient (Wildman–Crippen LogP) is 2.18. The van der Waals surface area contributed by atoms with Crippen LogP contribution in [-0.2, 0) is 0 Å². The van der Waals surface area contributed by atoms with Crippen LogP contribution in [0.4, 0.5) is 14.5 Å². The number of carbonyl (C=O) groups is 1. The van der Waals surface area contributed by atoms with Crippen LogP contribution in [0.1, 0.15) is 34.8 Å². The molecule has 6 heteroatoms. The molecule has 1 heterocycles. The van der Waals surface area contributed by atoms with Gasteiger partial charge < -0.3 is 15.1 Å². The summed E-state index contributed by atoms with van der Waals surface area (Å²) in [5.74, 6) is -2.39. The maximum Gasteiger partial charge on any atom is 0.257 e. The van der Waals surface area contributed by atoms with Crippen LogP contribution >= 0.6 is 0 Å². The average Bonchev–Trinajstić information content (AvgIpc) is 3.16. The molecule has 1 atom stereocenters. The van der Waals surface area contributed by atoms with Crippen molar-refractivity contribution in [3.63, 3.8) is 0 Å². The van der Waals surface area contributed by atoms with Crippen molar-refractivity contribution >= 4 is 11.6 Å². The van der Waals surface area contributed by atoms with Crippen LogP contribution < -0.4 is 15.1 Å². The van der Waals surface area contributed by atoms with Crippen LogP contribution in [-0.4, -0.2) is 39.6 Å². The third kappa shape index (κ3) is 4.45. The number of likely N-dealkylation sites (tertiary alicyclic amines) is 1. The van der Waals surface area contributed by atoms with E-state index in [1.807, 2.05) is 19.0 Å². The predicted molar refractivity (Wildman–Crippen MR) is 102 cm³/mol. The van der Waals surface area contributed by atoms with Crippen LogP contribution in [0.3, 0.4) is 0 Å². The van der Waals surface area contributed by atoms with E-state index in [0.29, 0.717) is 6.54 Å². The highest BCUT2D eigenvalue weighted by atomic mass is 19.1. The average molecular weight is 374 g/mol. The van der Waals surface area contributed by atoms with Crippen LogP contribution in [0.2, 0.25) is 0 Å². The molecule has 0 spiro atoms. The van der Waals surface area contributed by atoms with Gasteiger partial charge in [0.25, 0.3) is 5.91 Å². The van der Waals surface area contributed by atoms with E-state index in [4.69, 9.17) is 0 Å². The van der Waals surface area contributed by atoms with Gasteiger partial charge in [0.15, 0.2) is 0 Å². The van der Waals surface area contributed by atoms with E-state index >= 15 is 0 Å². The molecule has 0 unspecified atom stereocenters. The topological polar surface area (TPSA) is 36.8 Å². The van der Waals surface area contributed by atoms with Crippen molar-refractivity contribution in [3.05, 3.63) is 65.2 Å². The van der Waals surface area contributed by atoms with Crippen LogP contribution in [0, 0.1) is 11.6 Å². The van der Waals surface area contributed by atoms with Gasteiger partial charge >= 0.3 is 0 Å². The van der Waals surface area contributed by atoms with E-state index in [-0.39, 0.29) is 6.04 Å². The maximum atomic E-state index is 13.9. The summed E-state index contributed by atoms with van der Waals surface area (Å²) in [5, 5.41) is 2.74. The molecule has 1 aliphatic heterocycles. The van der Waals surface area contributed by atoms with E-state index in [2.05, 4.69) is 29.6 Å². The summed E-state index contributed by atoms with van der Waals surface area (Å²) in [6.07, 6.45) is 2.30. The molecule has 3 rings (SSSR count). The molecule has 0 radical (unpaired) electrons. The summed E-state index contributed by atoms with van der Waals surface area (Å²) in [7, 11) is 3.97. The lowest BCUT2D eigenvalue weighted by Crippen LogP contribution is -3.11. The maximum absolute atomic E-state index is 13.9. The second kappa shape index (κ2) is 8.48.